The van der Waals surface area contributed by atoms with Crippen LogP contribution < -0.4 is 20.7 Å². The molecule has 0 saturated carbocycles. The average Bonchev–Trinajstić information content (AvgIpc) is 2.73. The smallest absolute Gasteiger partial charge is 0.275 e. The van der Waals surface area contributed by atoms with Crippen LogP contribution in [0.1, 0.15) is 12.5 Å². The summed E-state index contributed by atoms with van der Waals surface area (Å²) in [6.45, 7) is 4.15. The molecule has 0 aliphatic rings. The number of carbonyl (C=O) groups is 1. The minimum Gasteiger partial charge on any atom is -0.495 e. The monoisotopic (exact) mass is 426 g/mol. The van der Waals surface area contributed by atoms with Gasteiger partial charge in [-0.15, -0.1) is 0 Å². The molecular formula is C21H20F2N6O2. The standard InChI is InChI=1S/C21H20F2N6O2/c1-4-18(30)26-13-6-5-7-14(8-13)27-19-17(21(2,22)23)12-25-20(29-19)28-15-9-16(31-3)11-24-10-15/h4-12H,1H2,2-3H3,(H,26,30)(H2,25,27,28,29). The second-order valence-corrected chi connectivity index (χ2v) is 6.48. The number of amides is 1. The lowest BCUT2D eigenvalue weighted by molar-refractivity contribution is -0.111. The van der Waals surface area contributed by atoms with Crippen LogP contribution in [0.25, 0.3) is 0 Å². The molecule has 3 aromatic rings. The van der Waals surface area contributed by atoms with Gasteiger partial charge < -0.3 is 20.7 Å². The first-order chi connectivity index (χ1) is 14.8. The van der Waals surface area contributed by atoms with Crippen LogP contribution in [0.2, 0.25) is 0 Å². The van der Waals surface area contributed by atoms with Gasteiger partial charge in [0.15, 0.2) is 0 Å². The minimum absolute atomic E-state index is 0.0849. The van der Waals surface area contributed by atoms with Crippen LogP contribution in [-0.4, -0.2) is 28.0 Å². The number of anilines is 5. The average molecular weight is 426 g/mol. The van der Waals surface area contributed by atoms with Gasteiger partial charge in [0.1, 0.15) is 11.6 Å². The highest BCUT2D eigenvalue weighted by molar-refractivity contribution is 5.99. The summed E-state index contributed by atoms with van der Waals surface area (Å²) in [5.74, 6) is -3.07. The molecule has 0 aliphatic heterocycles. The lowest BCUT2D eigenvalue weighted by Crippen LogP contribution is -2.14. The Morgan fingerprint density at radius 1 is 1.13 bits per heavy atom. The molecule has 0 aliphatic carbocycles. The molecular weight excluding hydrogens is 406 g/mol. The van der Waals surface area contributed by atoms with Crippen molar-refractivity contribution in [2.75, 3.05) is 23.1 Å². The Morgan fingerprint density at radius 3 is 2.61 bits per heavy atom. The molecule has 0 spiro atoms. The van der Waals surface area contributed by atoms with E-state index in [1.54, 1.807) is 30.3 Å². The molecule has 2 aromatic heterocycles. The zero-order valence-electron chi connectivity index (χ0n) is 16.8. The number of ether oxygens (including phenoxy) is 1. The quantitative estimate of drug-likeness (QED) is 0.453. The van der Waals surface area contributed by atoms with E-state index in [1.807, 2.05) is 0 Å². The number of hydrogen-bond donors (Lipinski definition) is 3. The summed E-state index contributed by atoms with van der Waals surface area (Å²) in [4.78, 5) is 23.7. The van der Waals surface area contributed by atoms with Gasteiger partial charge in [-0.05, 0) is 24.3 Å². The van der Waals surface area contributed by atoms with Crippen LogP contribution in [0.3, 0.4) is 0 Å². The minimum atomic E-state index is -3.19. The Kier molecular flexibility index (Phi) is 6.39. The highest BCUT2D eigenvalue weighted by Crippen LogP contribution is 2.34. The molecule has 3 rings (SSSR count). The summed E-state index contributed by atoms with van der Waals surface area (Å²) in [6.07, 6.45) is 5.23. The SMILES string of the molecule is C=CC(=O)Nc1cccc(Nc2nc(Nc3cncc(OC)c3)ncc2C(C)(F)F)c1. The fraction of sp³-hybridized carbons (Fsp3) is 0.143. The van der Waals surface area contributed by atoms with E-state index < -0.39 is 11.8 Å². The Bertz CT molecular complexity index is 1100. The molecule has 2 heterocycles. The van der Waals surface area contributed by atoms with Gasteiger partial charge in [-0.2, -0.15) is 4.98 Å². The van der Waals surface area contributed by atoms with Gasteiger partial charge in [-0.3, -0.25) is 9.78 Å². The number of alkyl halides is 2. The number of nitrogens with zero attached hydrogens (tertiary/aromatic N) is 3. The predicted octanol–water partition coefficient (Wildman–Crippen LogP) is 4.60. The number of aromatic nitrogens is 3. The fourth-order valence-electron chi connectivity index (χ4n) is 2.59. The first-order valence-electron chi connectivity index (χ1n) is 9.10. The number of nitrogens with one attached hydrogen (secondary N) is 3. The number of carbonyl (C=O) groups excluding carboxylic acids is 1. The number of hydrogen-bond acceptors (Lipinski definition) is 7. The molecule has 3 N–H and O–H groups in total. The van der Waals surface area contributed by atoms with E-state index in [-0.39, 0.29) is 17.3 Å². The van der Waals surface area contributed by atoms with Crippen molar-refractivity contribution in [1.82, 2.24) is 15.0 Å². The molecule has 0 atom stereocenters. The van der Waals surface area contributed by atoms with Crippen molar-refractivity contribution in [3.05, 3.63) is 67.1 Å². The van der Waals surface area contributed by atoms with Gasteiger partial charge in [-0.1, -0.05) is 12.6 Å². The zero-order valence-corrected chi connectivity index (χ0v) is 16.8. The van der Waals surface area contributed by atoms with E-state index in [0.717, 1.165) is 19.2 Å². The molecule has 0 radical (unpaired) electrons. The van der Waals surface area contributed by atoms with Gasteiger partial charge in [0, 0.05) is 30.6 Å². The van der Waals surface area contributed by atoms with Crippen molar-refractivity contribution < 1.29 is 18.3 Å². The summed E-state index contributed by atoms with van der Waals surface area (Å²) in [6, 6.07) is 8.22. The van der Waals surface area contributed by atoms with E-state index in [4.69, 9.17) is 4.74 Å². The van der Waals surface area contributed by atoms with Gasteiger partial charge >= 0.3 is 0 Å². The van der Waals surface area contributed by atoms with Crippen molar-refractivity contribution in [2.45, 2.75) is 12.8 Å². The van der Waals surface area contributed by atoms with Crippen molar-refractivity contribution >= 4 is 34.7 Å². The fourth-order valence-corrected chi connectivity index (χ4v) is 2.59. The Hall–Kier alpha value is -4.08. The topological polar surface area (TPSA) is 101 Å². The molecule has 1 amide bonds. The first kappa shape index (κ1) is 21.6. The van der Waals surface area contributed by atoms with Gasteiger partial charge in [0.05, 0.1) is 30.8 Å². The van der Waals surface area contributed by atoms with Crippen molar-refractivity contribution in [1.29, 1.82) is 0 Å². The molecule has 1 aromatic carbocycles. The molecule has 0 unspecified atom stereocenters. The summed E-state index contributed by atoms with van der Waals surface area (Å²) in [5, 5.41) is 8.39. The third-order valence-corrected chi connectivity index (χ3v) is 4.04. The first-order valence-corrected chi connectivity index (χ1v) is 9.10. The number of methoxy groups -OCH3 is 1. The van der Waals surface area contributed by atoms with E-state index in [1.165, 1.54) is 19.5 Å². The highest BCUT2D eigenvalue weighted by Gasteiger charge is 2.30. The largest absolute Gasteiger partial charge is 0.495 e. The van der Waals surface area contributed by atoms with Crippen LogP contribution in [0.15, 0.2) is 61.6 Å². The zero-order chi connectivity index (χ0) is 22.4. The Morgan fingerprint density at radius 2 is 1.90 bits per heavy atom. The van der Waals surface area contributed by atoms with Gasteiger partial charge in [-0.25, -0.2) is 13.8 Å². The summed E-state index contributed by atoms with van der Waals surface area (Å²) >= 11 is 0. The summed E-state index contributed by atoms with van der Waals surface area (Å²) < 4.78 is 33.4. The molecule has 8 nitrogen and oxygen atoms in total. The van der Waals surface area contributed by atoms with Crippen molar-refractivity contribution in [3.8, 4) is 5.75 Å². The highest BCUT2D eigenvalue weighted by atomic mass is 19.3. The third kappa shape index (κ3) is 5.72. The second-order valence-electron chi connectivity index (χ2n) is 6.48. The van der Waals surface area contributed by atoms with Crippen LogP contribution in [0.4, 0.5) is 37.6 Å². The number of halogens is 2. The van der Waals surface area contributed by atoms with Crippen LogP contribution in [0.5, 0.6) is 5.75 Å². The lowest BCUT2D eigenvalue weighted by atomic mass is 10.2. The maximum Gasteiger partial charge on any atom is 0.275 e. The molecule has 160 valence electrons. The number of rotatable bonds is 8. The molecule has 0 saturated heterocycles. The normalized spacial score (nSPS) is 10.8. The molecule has 31 heavy (non-hydrogen) atoms. The predicted molar refractivity (Wildman–Crippen MR) is 114 cm³/mol. The maximum atomic E-state index is 14.1. The van der Waals surface area contributed by atoms with E-state index in [2.05, 4.69) is 37.5 Å². The van der Waals surface area contributed by atoms with E-state index >= 15 is 0 Å². The summed E-state index contributed by atoms with van der Waals surface area (Å²) in [5.41, 5.74) is 1.05. The van der Waals surface area contributed by atoms with Crippen LogP contribution in [0, 0.1) is 0 Å². The van der Waals surface area contributed by atoms with Gasteiger partial charge in [0.25, 0.3) is 5.92 Å². The number of benzene rings is 1. The Balaban J connectivity index is 1.92. The van der Waals surface area contributed by atoms with E-state index in [9.17, 15) is 13.6 Å². The van der Waals surface area contributed by atoms with Crippen LogP contribution >= 0.6 is 0 Å². The lowest BCUT2D eigenvalue weighted by Gasteiger charge is -2.17. The van der Waals surface area contributed by atoms with Crippen LogP contribution in [-0.2, 0) is 10.7 Å². The molecule has 10 heteroatoms. The van der Waals surface area contributed by atoms with Gasteiger partial charge in [0.2, 0.25) is 11.9 Å². The summed E-state index contributed by atoms with van der Waals surface area (Å²) in [7, 11) is 1.50. The Labute approximate surface area is 177 Å². The molecule has 0 fully saturated rings. The number of pyridine rings is 1. The van der Waals surface area contributed by atoms with Crippen molar-refractivity contribution in [3.63, 3.8) is 0 Å². The maximum absolute atomic E-state index is 14.1. The van der Waals surface area contributed by atoms with Crippen molar-refractivity contribution in [2.24, 2.45) is 0 Å². The van der Waals surface area contributed by atoms with E-state index in [0.29, 0.717) is 22.8 Å². The third-order valence-electron chi connectivity index (χ3n) is 4.04. The second kappa shape index (κ2) is 9.16. The molecule has 0 bridgehead atoms.